The zero-order valence-electron chi connectivity index (χ0n) is 27.5. The summed E-state index contributed by atoms with van der Waals surface area (Å²) in [6.45, 7) is 2.31. The smallest absolute Gasteiger partial charge is 0.164 e. The molecule has 2 heterocycles. The van der Waals surface area contributed by atoms with Crippen LogP contribution in [0.4, 0.5) is 0 Å². The predicted octanol–water partition coefficient (Wildman–Crippen LogP) is 11.8. The van der Waals surface area contributed by atoms with Crippen LogP contribution in [-0.2, 0) is 0 Å². The van der Waals surface area contributed by atoms with Crippen LogP contribution in [0.3, 0.4) is 0 Å². The lowest BCUT2D eigenvalue weighted by Crippen LogP contribution is -2.21. The van der Waals surface area contributed by atoms with Gasteiger partial charge in [0.05, 0.1) is 0 Å². The van der Waals surface area contributed by atoms with Crippen molar-refractivity contribution in [1.29, 1.82) is 0 Å². The lowest BCUT2D eigenvalue weighted by atomic mass is 9.68. The number of aromatic nitrogens is 3. The second kappa shape index (κ2) is 11.1. The molecule has 0 fully saturated rings. The monoisotopic (exact) mass is 641 g/mol. The summed E-state index contributed by atoms with van der Waals surface area (Å²) in [5.41, 5.74) is 10.4. The van der Waals surface area contributed by atoms with E-state index in [0.717, 1.165) is 56.2 Å². The topological polar surface area (TPSA) is 51.8 Å². The van der Waals surface area contributed by atoms with Gasteiger partial charge >= 0.3 is 0 Å². The normalized spacial score (nSPS) is 16.7. The number of benzene rings is 6. The van der Waals surface area contributed by atoms with E-state index in [0.29, 0.717) is 17.5 Å². The molecule has 1 atom stereocenters. The summed E-state index contributed by atoms with van der Waals surface area (Å²) in [6, 6.07) is 46.4. The molecule has 4 nitrogen and oxygen atoms in total. The van der Waals surface area contributed by atoms with Gasteiger partial charge in [0.15, 0.2) is 17.5 Å². The minimum Gasteiger partial charge on any atom is -0.455 e. The standard InChI is InChI=1S/C46H31N3O/c1-46-25-23-30-12-7-8-16-35(30)39(46)28-34(24-26-46)44-47-43(31-13-3-2-4-14-31)48-45(49-44)38-19-10-20-40-41(38)37-18-9-17-36(42(37)50-40)33-22-21-29-11-5-6-15-32(29)27-33/h2-25,27-28H,26H2,1H3. The van der Waals surface area contributed by atoms with Crippen molar-refractivity contribution in [2.24, 2.45) is 5.41 Å². The Hall–Kier alpha value is -6.39. The first-order valence-corrected chi connectivity index (χ1v) is 17.1. The van der Waals surface area contributed by atoms with Gasteiger partial charge in [-0.1, -0.05) is 146 Å². The summed E-state index contributed by atoms with van der Waals surface area (Å²) in [6.07, 6.45) is 10.0. The molecule has 0 aliphatic heterocycles. The Labute approximate surface area is 289 Å². The lowest BCUT2D eigenvalue weighted by Gasteiger charge is -2.35. The SMILES string of the molecule is CC12C=Cc3ccccc3C1=CC(c1nc(-c3ccccc3)nc(-c3cccc4oc5c(-c6ccc7ccccc7c6)cccc5c34)n1)=CC2. The molecule has 8 aromatic rings. The number of allylic oxidation sites excluding steroid dienone is 5. The minimum absolute atomic E-state index is 0.0833. The number of fused-ring (bicyclic) bond motifs is 7. The van der Waals surface area contributed by atoms with Gasteiger partial charge in [0.25, 0.3) is 0 Å². The van der Waals surface area contributed by atoms with Crippen LogP contribution in [0.2, 0.25) is 0 Å². The number of rotatable bonds is 4. The van der Waals surface area contributed by atoms with Gasteiger partial charge < -0.3 is 4.42 Å². The number of hydrogen-bond donors (Lipinski definition) is 0. The largest absolute Gasteiger partial charge is 0.455 e. The summed E-state index contributed by atoms with van der Waals surface area (Å²) in [7, 11) is 0. The highest BCUT2D eigenvalue weighted by Gasteiger charge is 2.33. The third-order valence-corrected chi connectivity index (χ3v) is 10.3. The van der Waals surface area contributed by atoms with Crippen molar-refractivity contribution in [3.8, 4) is 33.9 Å². The number of para-hydroxylation sites is 1. The van der Waals surface area contributed by atoms with E-state index in [1.54, 1.807) is 0 Å². The third-order valence-electron chi connectivity index (χ3n) is 10.3. The quantitative estimate of drug-likeness (QED) is 0.192. The molecule has 0 spiro atoms. The zero-order valence-corrected chi connectivity index (χ0v) is 27.5. The van der Waals surface area contributed by atoms with Gasteiger partial charge in [0, 0.05) is 38.5 Å². The van der Waals surface area contributed by atoms with Crippen molar-refractivity contribution in [2.75, 3.05) is 0 Å². The lowest BCUT2D eigenvalue weighted by molar-refractivity contribution is 0.579. The van der Waals surface area contributed by atoms with Crippen LogP contribution in [0.15, 0.2) is 156 Å². The van der Waals surface area contributed by atoms with Crippen LogP contribution in [0.5, 0.6) is 0 Å². The van der Waals surface area contributed by atoms with E-state index in [9.17, 15) is 0 Å². The van der Waals surface area contributed by atoms with Crippen LogP contribution in [0, 0.1) is 5.41 Å². The van der Waals surface area contributed by atoms with Gasteiger partial charge in [-0.25, -0.2) is 15.0 Å². The van der Waals surface area contributed by atoms with Crippen molar-refractivity contribution in [3.63, 3.8) is 0 Å². The second-order valence-electron chi connectivity index (χ2n) is 13.5. The van der Waals surface area contributed by atoms with Crippen molar-refractivity contribution in [3.05, 3.63) is 169 Å². The molecule has 0 bridgehead atoms. The molecule has 2 aromatic heterocycles. The fraction of sp³-hybridized carbons (Fsp3) is 0.0652. The van der Waals surface area contributed by atoms with E-state index < -0.39 is 0 Å². The first-order valence-electron chi connectivity index (χ1n) is 17.1. The molecule has 1 unspecified atom stereocenters. The van der Waals surface area contributed by atoms with Crippen LogP contribution < -0.4 is 0 Å². The van der Waals surface area contributed by atoms with E-state index in [2.05, 4.69) is 134 Å². The van der Waals surface area contributed by atoms with Crippen molar-refractivity contribution >= 4 is 49.9 Å². The average Bonchev–Trinajstić information content (AvgIpc) is 3.57. The molecule has 2 aliphatic rings. The number of nitrogens with zero attached hydrogens (tertiary/aromatic N) is 3. The highest BCUT2D eigenvalue weighted by molar-refractivity contribution is 6.15. The van der Waals surface area contributed by atoms with E-state index in [1.807, 2.05) is 30.3 Å². The Balaban J connectivity index is 1.17. The van der Waals surface area contributed by atoms with Gasteiger partial charge in [-0.05, 0) is 57.7 Å². The fourth-order valence-electron chi connectivity index (χ4n) is 7.63. The van der Waals surface area contributed by atoms with Gasteiger partial charge in [0.2, 0.25) is 0 Å². The molecule has 4 heteroatoms. The van der Waals surface area contributed by atoms with Crippen molar-refractivity contribution in [2.45, 2.75) is 13.3 Å². The molecule has 0 N–H and O–H groups in total. The summed E-state index contributed by atoms with van der Waals surface area (Å²) in [5, 5.41) is 4.44. The van der Waals surface area contributed by atoms with Crippen LogP contribution in [-0.4, -0.2) is 15.0 Å². The van der Waals surface area contributed by atoms with E-state index in [1.165, 1.54) is 27.5 Å². The van der Waals surface area contributed by atoms with Gasteiger partial charge in [-0.15, -0.1) is 0 Å². The van der Waals surface area contributed by atoms with E-state index in [4.69, 9.17) is 19.4 Å². The van der Waals surface area contributed by atoms with Crippen LogP contribution in [0.1, 0.15) is 30.3 Å². The zero-order chi connectivity index (χ0) is 33.2. The van der Waals surface area contributed by atoms with Crippen LogP contribution in [0.25, 0.3) is 83.8 Å². The summed E-state index contributed by atoms with van der Waals surface area (Å²) in [5.74, 6) is 1.93. The average molecular weight is 642 g/mol. The molecule has 0 saturated carbocycles. The Morgan fingerprint density at radius 2 is 1.34 bits per heavy atom. The fourth-order valence-corrected chi connectivity index (χ4v) is 7.63. The van der Waals surface area contributed by atoms with E-state index >= 15 is 0 Å². The predicted molar refractivity (Wildman–Crippen MR) is 205 cm³/mol. The number of hydrogen-bond acceptors (Lipinski definition) is 4. The van der Waals surface area contributed by atoms with Gasteiger partial charge in [-0.2, -0.15) is 0 Å². The van der Waals surface area contributed by atoms with Crippen molar-refractivity contribution in [1.82, 2.24) is 15.0 Å². The highest BCUT2D eigenvalue weighted by atomic mass is 16.3. The molecule has 236 valence electrons. The number of furan rings is 1. The summed E-state index contributed by atoms with van der Waals surface area (Å²) in [4.78, 5) is 15.5. The molecule has 2 aliphatic carbocycles. The van der Waals surface area contributed by atoms with Gasteiger partial charge in [-0.3, -0.25) is 0 Å². The summed E-state index contributed by atoms with van der Waals surface area (Å²) < 4.78 is 6.68. The highest BCUT2D eigenvalue weighted by Crippen LogP contribution is 2.49. The third kappa shape index (κ3) is 4.56. The molecular formula is C46H31N3O. The molecule has 0 radical (unpaired) electrons. The minimum atomic E-state index is -0.0833. The van der Waals surface area contributed by atoms with E-state index in [-0.39, 0.29) is 5.41 Å². The van der Waals surface area contributed by atoms with Crippen molar-refractivity contribution < 1.29 is 4.42 Å². The molecule has 10 rings (SSSR count). The molecule has 0 saturated heterocycles. The maximum Gasteiger partial charge on any atom is 0.164 e. The molecular weight excluding hydrogens is 611 g/mol. The Kier molecular flexibility index (Phi) is 6.34. The maximum atomic E-state index is 6.68. The first kappa shape index (κ1) is 28.6. The summed E-state index contributed by atoms with van der Waals surface area (Å²) >= 11 is 0. The Bertz CT molecular complexity index is 2750. The van der Waals surface area contributed by atoms with Crippen LogP contribution >= 0.6 is 0 Å². The Morgan fingerprint density at radius 1 is 0.600 bits per heavy atom. The van der Waals surface area contributed by atoms with Gasteiger partial charge in [0.1, 0.15) is 11.2 Å². The molecule has 6 aromatic carbocycles. The Morgan fingerprint density at radius 3 is 2.26 bits per heavy atom. The first-order chi connectivity index (χ1) is 24.6. The molecule has 0 amide bonds. The second-order valence-corrected chi connectivity index (χ2v) is 13.5. The maximum absolute atomic E-state index is 6.68. The molecule has 50 heavy (non-hydrogen) atoms.